The lowest BCUT2D eigenvalue weighted by atomic mass is 10.0. The van der Waals surface area contributed by atoms with Gasteiger partial charge in [-0.1, -0.05) is 30.8 Å². The Labute approximate surface area is 208 Å². The van der Waals surface area contributed by atoms with Gasteiger partial charge in [0.1, 0.15) is 0 Å². The summed E-state index contributed by atoms with van der Waals surface area (Å²) in [7, 11) is 3.19. The maximum atomic E-state index is 12.8. The maximum Gasteiger partial charge on any atom is 0.302 e. The molecule has 8 nitrogen and oxygen atoms in total. The summed E-state index contributed by atoms with van der Waals surface area (Å²) in [6.07, 6.45) is 2.86. The van der Waals surface area contributed by atoms with Crippen molar-refractivity contribution in [2.75, 3.05) is 26.1 Å². The van der Waals surface area contributed by atoms with E-state index in [4.69, 9.17) is 19.0 Å². The van der Waals surface area contributed by atoms with Crippen molar-refractivity contribution in [2.45, 2.75) is 25.0 Å². The molecule has 0 aliphatic carbocycles. The fourth-order valence-electron chi connectivity index (χ4n) is 3.72. The highest BCUT2D eigenvalue weighted by Crippen LogP contribution is 2.33. The molecule has 2 amide bonds. The molecule has 0 saturated heterocycles. The molecule has 1 unspecified atom stereocenters. The lowest BCUT2D eigenvalue weighted by Crippen LogP contribution is -2.36. The van der Waals surface area contributed by atoms with E-state index in [-0.39, 0.29) is 22.2 Å². The molecule has 1 aliphatic rings. The molecule has 3 aromatic rings. The number of amides is 2. The summed E-state index contributed by atoms with van der Waals surface area (Å²) >= 11 is 1.29. The first-order valence-electron chi connectivity index (χ1n) is 11.2. The molecule has 1 N–H and O–H groups in total. The first kappa shape index (κ1) is 24.4. The zero-order valence-electron chi connectivity index (χ0n) is 19.8. The highest BCUT2D eigenvalue weighted by Gasteiger charge is 2.30. The number of rotatable bonds is 9. The Morgan fingerprint density at radius 1 is 1.11 bits per heavy atom. The molecule has 0 saturated carbocycles. The zero-order chi connectivity index (χ0) is 24.8. The van der Waals surface area contributed by atoms with E-state index in [9.17, 15) is 9.59 Å². The van der Waals surface area contributed by atoms with Crippen LogP contribution in [0.4, 0.5) is 10.5 Å². The SMILES string of the molecule is CCC1SC(=O)N(CCc2ccc(NC(=O)c3ccco3)cc2)N=C1c1ccc(OC)c(OC)c1. The minimum Gasteiger partial charge on any atom is -0.493 e. The van der Waals surface area contributed by atoms with Gasteiger partial charge in [-0.15, -0.1) is 0 Å². The van der Waals surface area contributed by atoms with Crippen LogP contribution in [0.15, 0.2) is 70.4 Å². The third-order valence-corrected chi connectivity index (χ3v) is 6.86. The Morgan fingerprint density at radius 3 is 2.54 bits per heavy atom. The Morgan fingerprint density at radius 2 is 1.89 bits per heavy atom. The summed E-state index contributed by atoms with van der Waals surface area (Å²) in [6.45, 7) is 2.49. The van der Waals surface area contributed by atoms with Crippen LogP contribution in [0.1, 0.15) is 35.0 Å². The van der Waals surface area contributed by atoms with Crippen molar-refractivity contribution >= 4 is 34.3 Å². The number of hydrazone groups is 1. The van der Waals surface area contributed by atoms with E-state index in [0.29, 0.717) is 30.2 Å². The van der Waals surface area contributed by atoms with Gasteiger partial charge in [0.05, 0.1) is 31.4 Å². The van der Waals surface area contributed by atoms with E-state index in [2.05, 4.69) is 5.32 Å². The molecule has 35 heavy (non-hydrogen) atoms. The third kappa shape index (κ3) is 5.68. The average Bonchev–Trinajstić information content (AvgIpc) is 3.43. The summed E-state index contributed by atoms with van der Waals surface area (Å²) in [5.41, 5.74) is 3.43. The van der Waals surface area contributed by atoms with Crippen LogP contribution in [-0.4, -0.2) is 47.9 Å². The highest BCUT2D eigenvalue weighted by molar-refractivity contribution is 8.14. The number of nitrogens with one attached hydrogen (secondary N) is 1. The van der Waals surface area contributed by atoms with Gasteiger partial charge in [0.15, 0.2) is 17.3 Å². The predicted molar refractivity (Wildman–Crippen MR) is 137 cm³/mol. The number of ether oxygens (including phenoxy) is 2. The number of anilines is 1. The van der Waals surface area contributed by atoms with E-state index in [1.807, 2.05) is 49.4 Å². The van der Waals surface area contributed by atoms with Gasteiger partial charge in [-0.2, -0.15) is 5.10 Å². The highest BCUT2D eigenvalue weighted by atomic mass is 32.2. The first-order valence-corrected chi connectivity index (χ1v) is 12.1. The minimum absolute atomic E-state index is 0.0334. The van der Waals surface area contributed by atoms with Crippen LogP contribution >= 0.6 is 11.8 Å². The van der Waals surface area contributed by atoms with Gasteiger partial charge in [-0.25, -0.2) is 5.01 Å². The standard InChI is InChI=1S/C26H27N3O5S/c1-4-23-24(18-9-12-20(32-2)22(16-18)33-3)28-29(26(31)35-23)14-13-17-7-10-19(11-8-17)27-25(30)21-6-5-15-34-21/h5-12,15-16,23H,4,13-14H2,1-3H3,(H,27,30). The fourth-order valence-corrected chi connectivity index (χ4v) is 4.68. The summed E-state index contributed by atoms with van der Waals surface area (Å²) in [5, 5.41) is 8.95. The van der Waals surface area contributed by atoms with Crippen molar-refractivity contribution in [3.05, 3.63) is 77.7 Å². The van der Waals surface area contributed by atoms with Crippen LogP contribution in [0.3, 0.4) is 0 Å². The second kappa shape index (κ2) is 11.1. The molecule has 0 spiro atoms. The van der Waals surface area contributed by atoms with Crippen LogP contribution in [0.5, 0.6) is 11.5 Å². The first-order chi connectivity index (χ1) is 17.0. The van der Waals surface area contributed by atoms with Gasteiger partial charge in [-0.05, 0) is 60.9 Å². The molecule has 1 atom stereocenters. The number of furan rings is 1. The smallest absolute Gasteiger partial charge is 0.302 e. The number of nitrogens with zero attached hydrogens (tertiary/aromatic N) is 2. The van der Waals surface area contributed by atoms with Crippen molar-refractivity contribution < 1.29 is 23.5 Å². The lowest BCUT2D eigenvalue weighted by Gasteiger charge is -2.28. The van der Waals surface area contributed by atoms with Gasteiger partial charge in [0, 0.05) is 17.8 Å². The predicted octanol–water partition coefficient (Wildman–Crippen LogP) is 5.44. The Kier molecular flexibility index (Phi) is 7.77. The molecule has 0 radical (unpaired) electrons. The van der Waals surface area contributed by atoms with Gasteiger partial charge in [0.2, 0.25) is 0 Å². The molecule has 2 heterocycles. The van der Waals surface area contributed by atoms with E-state index < -0.39 is 0 Å². The average molecular weight is 494 g/mol. The quantitative estimate of drug-likeness (QED) is 0.426. The van der Waals surface area contributed by atoms with Gasteiger partial charge < -0.3 is 19.2 Å². The largest absolute Gasteiger partial charge is 0.493 e. The van der Waals surface area contributed by atoms with E-state index in [1.54, 1.807) is 26.4 Å². The van der Waals surface area contributed by atoms with Gasteiger partial charge >= 0.3 is 5.24 Å². The second-order valence-electron chi connectivity index (χ2n) is 7.84. The number of carbonyl (C=O) groups is 2. The summed E-state index contributed by atoms with van der Waals surface area (Å²) in [4.78, 5) is 24.9. The maximum absolute atomic E-state index is 12.8. The molecule has 9 heteroatoms. The Bertz CT molecular complexity index is 1210. The molecule has 0 bridgehead atoms. The van der Waals surface area contributed by atoms with Crippen molar-refractivity contribution in [2.24, 2.45) is 5.10 Å². The van der Waals surface area contributed by atoms with Crippen LogP contribution in [0, 0.1) is 0 Å². The van der Waals surface area contributed by atoms with Crippen LogP contribution in [-0.2, 0) is 6.42 Å². The molecule has 2 aromatic carbocycles. The summed E-state index contributed by atoms with van der Waals surface area (Å²) in [6, 6.07) is 16.5. The molecule has 4 rings (SSSR count). The second-order valence-corrected chi connectivity index (χ2v) is 8.99. The monoisotopic (exact) mass is 493 g/mol. The van der Waals surface area contributed by atoms with Crippen molar-refractivity contribution in [1.82, 2.24) is 5.01 Å². The minimum atomic E-state index is -0.304. The molecule has 0 fully saturated rings. The van der Waals surface area contributed by atoms with E-state index in [1.165, 1.54) is 23.0 Å². The van der Waals surface area contributed by atoms with Crippen LogP contribution in [0.2, 0.25) is 0 Å². The van der Waals surface area contributed by atoms with Crippen molar-refractivity contribution in [3.63, 3.8) is 0 Å². The van der Waals surface area contributed by atoms with Gasteiger partial charge in [-0.3, -0.25) is 9.59 Å². The number of carbonyl (C=O) groups excluding carboxylic acids is 2. The molecule has 1 aliphatic heterocycles. The van der Waals surface area contributed by atoms with E-state index in [0.717, 1.165) is 23.3 Å². The van der Waals surface area contributed by atoms with Crippen molar-refractivity contribution in [1.29, 1.82) is 0 Å². The van der Waals surface area contributed by atoms with Crippen LogP contribution in [0.25, 0.3) is 0 Å². The zero-order valence-corrected chi connectivity index (χ0v) is 20.6. The molecule has 1 aromatic heterocycles. The Hall–Kier alpha value is -3.72. The normalized spacial score (nSPS) is 15.5. The summed E-state index contributed by atoms with van der Waals surface area (Å²) in [5.74, 6) is 1.21. The number of benzene rings is 2. The fraction of sp³-hybridized carbons (Fsp3) is 0.269. The molecular formula is C26H27N3O5S. The van der Waals surface area contributed by atoms with Crippen molar-refractivity contribution in [3.8, 4) is 11.5 Å². The molecular weight excluding hydrogens is 466 g/mol. The summed E-state index contributed by atoms with van der Waals surface area (Å²) < 4.78 is 15.9. The number of hydrogen-bond donors (Lipinski definition) is 1. The number of thioether (sulfide) groups is 1. The lowest BCUT2D eigenvalue weighted by molar-refractivity contribution is 0.0996. The van der Waals surface area contributed by atoms with E-state index >= 15 is 0 Å². The topological polar surface area (TPSA) is 93.4 Å². The number of hydrogen-bond acceptors (Lipinski definition) is 7. The number of methoxy groups -OCH3 is 2. The molecule has 182 valence electrons. The van der Waals surface area contributed by atoms with Gasteiger partial charge in [0.25, 0.3) is 5.91 Å². The Balaban J connectivity index is 1.45. The van der Waals surface area contributed by atoms with Crippen LogP contribution < -0.4 is 14.8 Å². The third-order valence-electron chi connectivity index (χ3n) is 5.61.